The van der Waals surface area contributed by atoms with Gasteiger partial charge in [0.2, 0.25) is 0 Å². The second kappa shape index (κ2) is 6.48. The van der Waals surface area contributed by atoms with Crippen molar-refractivity contribution >= 4 is 33.3 Å². The fourth-order valence-corrected chi connectivity index (χ4v) is 3.19. The van der Waals surface area contributed by atoms with Crippen LogP contribution < -0.4 is 10.2 Å². The molecule has 3 rings (SSSR count). The summed E-state index contributed by atoms with van der Waals surface area (Å²) in [4.78, 5) is 19.0. The molecule has 1 N–H and O–H groups in total. The van der Waals surface area contributed by atoms with Crippen molar-refractivity contribution in [3.8, 4) is 0 Å². The van der Waals surface area contributed by atoms with E-state index in [1.165, 1.54) is 12.8 Å². The number of nitrogens with one attached hydrogen (secondary N) is 1. The van der Waals surface area contributed by atoms with Crippen molar-refractivity contribution in [3.05, 3.63) is 52.1 Å². The summed E-state index contributed by atoms with van der Waals surface area (Å²) in [5, 5.41) is 2.94. The van der Waals surface area contributed by atoms with E-state index in [4.69, 9.17) is 0 Å². The van der Waals surface area contributed by atoms with Gasteiger partial charge in [0.15, 0.2) is 0 Å². The van der Waals surface area contributed by atoms with Crippen LogP contribution in [0.3, 0.4) is 0 Å². The molecular formula is C17H18BrN3O. The Labute approximate surface area is 138 Å². The standard InChI is InChI=1S/C17H18BrN3O/c1-12-4-5-15(14(18)10-12)20-17(22)13-6-7-19-16(11-13)21-8-2-3-9-21/h4-7,10-11H,2-3,8-9H2,1H3,(H,20,22). The van der Waals surface area contributed by atoms with E-state index in [2.05, 4.69) is 31.1 Å². The van der Waals surface area contributed by atoms with Crippen LogP contribution in [0, 0.1) is 6.92 Å². The van der Waals surface area contributed by atoms with Crippen molar-refractivity contribution in [1.82, 2.24) is 4.98 Å². The molecule has 5 heteroatoms. The zero-order chi connectivity index (χ0) is 15.5. The Morgan fingerprint density at radius 1 is 1.23 bits per heavy atom. The van der Waals surface area contributed by atoms with Gasteiger partial charge in [-0.25, -0.2) is 4.98 Å². The van der Waals surface area contributed by atoms with E-state index in [1.54, 1.807) is 12.3 Å². The highest BCUT2D eigenvalue weighted by Gasteiger charge is 2.15. The third-order valence-corrected chi connectivity index (χ3v) is 4.47. The highest BCUT2D eigenvalue weighted by atomic mass is 79.9. The smallest absolute Gasteiger partial charge is 0.255 e. The van der Waals surface area contributed by atoms with Crippen LogP contribution in [0.15, 0.2) is 41.0 Å². The Hall–Kier alpha value is -1.88. The maximum atomic E-state index is 12.4. The molecule has 2 heterocycles. The molecule has 0 atom stereocenters. The summed E-state index contributed by atoms with van der Waals surface area (Å²) in [5.74, 6) is 0.764. The van der Waals surface area contributed by atoms with Gasteiger partial charge in [-0.15, -0.1) is 0 Å². The van der Waals surface area contributed by atoms with Crippen molar-refractivity contribution in [3.63, 3.8) is 0 Å². The van der Waals surface area contributed by atoms with E-state index >= 15 is 0 Å². The molecule has 0 bridgehead atoms. The normalized spacial score (nSPS) is 14.2. The summed E-state index contributed by atoms with van der Waals surface area (Å²) in [5.41, 5.74) is 2.55. The molecule has 0 spiro atoms. The van der Waals surface area contributed by atoms with Crippen LogP contribution in [0.4, 0.5) is 11.5 Å². The van der Waals surface area contributed by atoms with Gasteiger partial charge < -0.3 is 10.2 Å². The third kappa shape index (κ3) is 3.30. The van der Waals surface area contributed by atoms with Crippen LogP contribution in [0.2, 0.25) is 0 Å². The fourth-order valence-electron chi connectivity index (χ4n) is 2.59. The number of anilines is 2. The van der Waals surface area contributed by atoms with Gasteiger partial charge in [0, 0.05) is 29.3 Å². The average molecular weight is 360 g/mol. The van der Waals surface area contributed by atoms with Crippen molar-refractivity contribution in [2.45, 2.75) is 19.8 Å². The molecule has 0 radical (unpaired) electrons. The summed E-state index contributed by atoms with van der Waals surface area (Å²) in [7, 11) is 0. The summed E-state index contributed by atoms with van der Waals surface area (Å²) in [6.45, 7) is 4.05. The minimum atomic E-state index is -0.118. The second-order valence-corrected chi connectivity index (χ2v) is 6.39. The number of hydrogen-bond acceptors (Lipinski definition) is 3. The third-order valence-electron chi connectivity index (χ3n) is 3.81. The Balaban J connectivity index is 1.78. The molecule has 1 fully saturated rings. The second-order valence-electron chi connectivity index (χ2n) is 5.53. The van der Waals surface area contributed by atoms with Gasteiger partial charge in [0.1, 0.15) is 5.82 Å². The number of nitrogens with zero attached hydrogens (tertiary/aromatic N) is 2. The number of benzene rings is 1. The van der Waals surface area contributed by atoms with E-state index in [-0.39, 0.29) is 5.91 Å². The molecule has 1 aromatic heterocycles. The lowest BCUT2D eigenvalue weighted by Crippen LogP contribution is -2.20. The summed E-state index contributed by atoms with van der Waals surface area (Å²) in [6.07, 6.45) is 4.08. The zero-order valence-electron chi connectivity index (χ0n) is 12.5. The number of carbonyl (C=O) groups is 1. The number of hydrogen-bond donors (Lipinski definition) is 1. The first-order chi connectivity index (χ1) is 10.6. The number of aromatic nitrogens is 1. The van der Waals surface area contributed by atoms with Gasteiger partial charge in [0.25, 0.3) is 5.91 Å². The Kier molecular flexibility index (Phi) is 4.43. The number of carbonyl (C=O) groups excluding carboxylic acids is 1. The number of aryl methyl sites for hydroxylation is 1. The van der Waals surface area contributed by atoms with Crippen molar-refractivity contribution in [2.24, 2.45) is 0 Å². The SMILES string of the molecule is Cc1ccc(NC(=O)c2ccnc(N3CCCC3)c2)c(Br)c1. The molecule has 1 saturated heterocycles. The van der Waals surface area contributed by atoms with E-state index < -0.39 is 0 Å². The molecule has 114 valence electrons. The number of pyridine rings is 1. The predicted molar refractivity (Wildman–Crippen MR) is 92.5 cm³/mol. The van der Waals surface area contributed by atoms with Gasteiger partial charge in [-0.05, 0) is 65.5 Å². The van der Waals surface area contributed by atoms with Crippen LogP contribution in [0.25, 0.3) is 0 Å². The quantitative estimate of drug-likeness (QED) is 0.900. The summed E-state index contributed by atoms with van der Waals surface area (Å²) in [6, 6.07) is 9.47. The molecule has 1 amide bonds. The number of halogens is 1. The number of rotatable bonds is 3. The largest absolute Gasteiger partial charge is 0.357 e. The monoisotopic (exact) mass is 359 g/mol. The predicted octanol–water partition coefficient (Wildman–Crippen LogP) is 4.01. The molecule has 4 nitrogen and oxygen atoms in total. The number of amides is 1. The maximum Gasteiger partial charge on any atom is 0.255 e. The molecule has 1 aliphatic heterocycles. The van der Waals surface area contributed by atoms with Crippen LogP contribution in [0.1, 0.15) is 28.8 Å². The van der Waals surface area contributed by atoms with E-state index in [0.29, 0.717) is 5.56 Å². The lowest BCUT2D eigenvalue weighted by Gasteiger charge is -2.16. The highest BCUT2D eigenvalue weighted by Crippen LogP contribution is 2.24. The molecule has 1 aliphatic rings. The molecule has 0 saturated carbocycles. The highest BCUT2D eigenvalue weighted by molar-refractivity contribution is 9.10. The molecular weight excluding hydrogens is 342 g/mol. The maximum absolute atomic E-state index is 12.4. The van der Waals surface area contributed by atoms with E-state index in [0.717, 1.165) is 34.6 Å². The van der Waals surface area contributed by atoms with Gasteiger partial charge >= 0.3 is 0 Å². The first kappa shape index (κ1) is 15.0. The Morgan fingerprint density at radius 3 is 2.73 bits per heavy atom. The minimum Gasteiger partial charge on any atom is -0.357 e. The Bertz CT molecular complexity index is 696. The van der Waals surface area contributed by atoms with Crippen LogP contribution in [-0.4, -0.2) is 24.0 Å². The minimum absolute atomic E-state index is 0.118. The van der Waals surface area contributed by atoms with Crippen LogP contribution in [0.5, 0.6) is 0 Å². The lowest BCUT2D eigenvalue weighted by atomic mass is 10.2. The topological polar surface area (TPSA) is 45.2 Å². The first-order valence-corrected chi connectivity index (χ1v) is 8.21. The molecule has 2 aromatic rings. The fraction of sp³-hybridized carbons (Fsp3) is 0.294. The first-order valence-electron chi connectivity index (χ1n) is 7.42. The average Bonchev–Trinajstić information content (AvgIpc) is 3.04. The molecule has 0 unspecified atom stereocenters. The van der Waals surface area contributed by atoms with Gasteiger partial charge in [-0.3, -0.25) is 4.79 Å². The Morgan fingerprint density at radius 2 is 2.00 bits per heavy atom. The zero-order valence-corrected chi connectivity index (χ0v) is 14.1. The summed E-state index contributed by atoms with van der Waals surface area (Å²) >= 11 is 3.48. The van der Waals surface area contributed by atoms with Crippen LogP contribution >= 0.6 is 15.9 Å². The van der Waals surface area contributed by atoms with Crippen molar-refractivity contribution in [1.29, 1.82) is 0 Å². The van der Waals surface area contributed by atoms with Gasteiger partial charge in [-0.1, -0.05) is 6.07 Å². The lowest BCUT2D eigenvalue weighted by molar-refractivity contribution is 0.102. The summed E-state index contributed by atoms with van der Waals surface area (Å²) < 4.78 is 0.884. The van der Waals surface area contributed by atoms with Gasteiger partial charge in [-0.2, -0.15) is 0 Å². The van der Waals surface area contributed by atoms with Crippen LogP contribution in [-0.2, 0) is 0 Å². The van der Waals surface area contributed by atoms with Gasteiger partial charge in [0.05, 0.1) is 5.69 Å². The molecule has 1 aromatic carbocycles. The molecule has 22 heavy (non-hydrogen) atoms. The van der Waals surface area contributed by atoms with E-state index in [9.17, 15) is 4.79 Å². The van der Waals surface area contributed by atoms with Crippen molar-refractivity contribution in [2.75, 3.05) is 23.3 Å². The van der Waals surface area contributed by atoms with Crippen molar-refractivity contribution < 1.29 is 4.79 Å². The molecule has 0 aliphatic carbocycles. The van der Waals surface area contributed by atoms with E-state index in [1.807, 2.05) is 31.2 Å².